The summed E-state index contributed by atoms with van der Waals surface area (Å²) in [5.41, 5.74) is 6.63. The van der Waals surface area contributed by atoms with Crippen LogP contribution in [0.15, 0.2) is 28.2 Å². The Hall–Kier alpha value is -2.38. The van der Waals surface area contributed by atoms with E-state index in [0.717, 1.165) is 37.8 Å². The molecule has 0 spiro atoms. The van der Waals surface area contributed by atoms with E-state index in [-0.39, 0.29) is 12.0 Å². The molecule has 0 amide bonds. The smallest absolute Gasteiger partial charge is 0.370 e. The number of halogens is 3. The van der Waals surface area contributed by atoms with E-state index < -0.39 is 11.7 Å². The summed E-state index contributed by atoms with van der Waals surface area (Å²) >= 11 is 0. The zero-order valence-corrected chi connectivity index (χ0v) is 17.7. The number of guanidine groups is 1. The molecule has 1 saturated carbocycles. The van der Waals surface area contributed by atoms with E-state index in [4.69, 9.17) is 11.1 Å². The van der Waals surface area contributed by atoms with Gasteiger partial charge in [-0.1, -0.05) is 44.2 Å². The topological polar surface area (TPSA) is 77.8 Å². The lowest BCUT2D eigenvalue weighted by Gasteiger charge is -2.24. The Kier molecular flexibility index (Phi) is 6.34. The summed E-state index contributed by atoms with van der Waals surface area (Å²) < 4.78 is 41.5. The van der Waals surface area contributed by atoms with Crippen LogP contribution in [0.2, 0.25) is 0 Å². The van der Waals surface area contributed by atoms with Crippen LogP contribution in [0.3, 0.4) is 0 Å². The maximum atomic E-state index is 13.8. The van der Waals surface area contributed by atoms with Crippen LogP contribution in [0.4, 0.5) is 13.2 Å². The number of alkyl halides is 3. The van der Waals surface area contributed by atoms with Gasteiger partial charge in [0.15, 0.2) is 11.8 Å². The van der Waals surface area contributed by atoms with E-state index in [1.807, 2.05) is 0 Å². The van der Waals surface area contributed by atoms with Gasteiger partial charge in [0.2, 0.25) is 0 Å². The molecule has 1 atom stereocenters. The van der Waals surface area contributed by atoms with E-state index in [2.05, 4.69) is 9.98 Å². The Morgan fingerprint density at radius 3 is 2.61 bits per heavy atom. The lowest BCUT2D eigenvalue weighted by atomic mass is 9.84. The summed E-state index contributed by atoms with van der Waals surface area (Å²) in [5.74, 6) is 0.881. The van der Waals surface area contributed by atoms with Crippen molar-refractivity contribution in [2.75, 3.05) is 13.1 Å². The highest BCUT2D eigenvalue weighted by Gasteiger charge is 2.35. The van der Waals surface area contributed by atoms with Crippen molar-refractivity contribution < 1.29 is 13.2 Å². The molecule has 168 valence electrons. The molecule has 4 rings (SSSR count). The van der Waals surface area contributed by atoms with Gasteiger partial charge in [-0.25, -0.2) is 4.99 Å². The highest BCUT2D eigenvalue weighted by Crippen LogP contribution is 2.35. The number of nitrogens with two attached hydrogens (primary N) is 1. The number of nitrogens with one attached hydrogen (secondary N) is 1. The highest BCUT2D eigenvalue weighted by molar-refractivity contribution is 6.13. The molecular weight excluding hydrogens is 403 g/mol. The van der Waals surface area contributed by atoms with E-state index in [1.54, 1.807) is 17.0 Å². The lowest BCUT2D eigenvalue weighted by Crippen LogP contribution is -2.44. The second kappa shape index (κ2) is 9.01. The Morgan fingerprint density at radius 1 is 1.13 bits per heavy atom. The molecular formula is C23H30F3N5. The van der Waals surface area contributed by atoms with E-state index in [1.165, 1.54) is 25.3 Å². The average molecular weight is 434 g/mol. The number of nitrogens with zero attached hydrogens (tertiary/aromatic N) is 3. The van der Waals surface area contributed by atoms with Gasteiger partial charge in [-0.3, -0.25) is 10.4 Å². The Bertz CT molecular complexity index is 884. The molecule has 3 aliphatic rings. The molecule has 3 N–H and O–H groups in total. The molecule has 8 heteroatoms. The van der Waals surface area contributed by atoms with Gasteiger partial charge in [0.1, 0.15) is 0 Å². The first-order valence-corrected chi connectivity index (χ1v) is 11.3. The third kappa shape index (κ3) is 4.93. The summed E-state index contributed by atoms with van der Waals surface area (Å²) in [7, 11) is 0. The van der Waals surface area contributed by atoms with Gasteiger partial charge in [-0.2, -0.15) is 13.2 Å². The summed E-state index contributed by atoms with van der Waals surface area (Å²) in [4.78, 5) is 10.7. The number of rotatable bonds is 5. The van der Waals surface area contributed by atoms with Gasteiger partial charge in [0.25, 0.3) is 0 Å². The lowest BCUT2D eigenvalue weighted by molar-refractivity contribution is -0.138. The van der Waals surface area contributed by atoms with E-state index in [9.17, 15) is 13.2 Å². The van der Waals surface area contributed by atoms with Crippen molar-refractivity contribution in [3.8, 4) is 0 Å². The molecule has 1 aromatic rings. The molecule has 5 nitrogen and oxygen atoms in total. The Labute approximate surface area is 181 Å². The summed E-state index contributed by atoms with van der Waals surface area (Å²) in [5, 5.41) is 7.72. The molecule has 2 heterocycles. The van der Waals surface area contributed by atoms with Crippen molar-refractivity contribution in [2.24, 2.45) is 21.6 Å². The van der Waals surface area contributed by atoms with Crippen LogP contribution < -0.4 is 5.73 Å². The van der Waals surface area contributed by atoms with Crippen LogP contribution >= 0.6 is 0 Å². The van der Waals surface area contributed by atoms with Crippen LogP contribution in [0, 0.1) is 11.3 Å². The zero-order valence-electron chi connectivity index (χ0n) is 17.7. The third-order valence-electron chi connectivity index (χ3n) is 6.81. The predicted molar refractivity (Wildman–Crippen MR) is 117 cm³/mol. The molecule has 2 fully saturated rings. The zero-order chi connectivity index (χ0) is 22.0. The molecule has 1 aliphatic carbocycles. The van der Waals surface area contributed by atoms with Gasteiger partial charge >= 0.3 is 6.18 Å². The number of hydrogen-bond donors (Lipinski definition) is 2. The molecule has 0 aromatic heterocycles. The first kappa shape index (κ1) is 21.8. The van der Waals surface area contributed by atoms with Gasteiger partial charge in [0.05, 0.1) is 23.9 Å². The fraction of sp³-hybridized carbons (Fsp3) is 0.609. The summed E-state index contributed by atoms with van der Waals surface area (Å²) in [6.07, 6.45) is 4.50. The SMILES string of the molecule is N=C(N)N1CCC[C@H]1C1=NC(c2ccc(CCC3CCCCC3)c(C(F)(F)F)c2)=NC1. The average Bonchev–Trinajstić information content (AvgIpc) is 3.42. The number of likely N-dealkylation sites (tertiary alicyclic amines) is 1. The fourth-order valence-corrected chi connectivity index (χ4v) is 5.13. The van der Waals surface area contributed by atoms with Crippen molar-refractivity contribution >= 4 is 17.5 Å². The predicted octanol–water partition coefficient (Wildman–Crippen LogP) is 4.78. The number of aliphatic imine (C=N–C) groups is 2. The van der Waals surface area contributed by atoms with Crippen LogP contribution in [0.25, 0.3) is 0 Å². The van der Waals surface area contributed by atoms with Crippen LogP contribution in [-0.4, -0.2) is 41.5 Å². The summed E-state index contributed by atoms with van der Waals surface area (Å²) in [6.45, 7) is 1.04. The van der Waals surface area contributed by atoms with Crippen LogP contribution in [-0.2, 0) is 12.6 Å². The molecule has 0 bridgehead atoms. The number of aryl methyl sites for hydroxylation is 1. The standard InChI is InChI=1S/C23H30F3N5/c24-23(25,26)18-13-17(11-10-16(18)9-8-15-5-2-1-3-6-15)21-29-14-19(30-21)20-7-4-12-31(20)22(27)28/h10-11,13,15,20H,1-9,12,14H2,(H3,27,28)/t20-/m0/s1. The largest absolute Gasteiger partial charge is 0.416 e. The minimum Gasteiger partial charge on any atom is -0.370 e. The van der Waals surface area contributed by atoms with Crippen molar-refractivity contribution in [3.63, 3.8) is 0 Å². The van der Waals surface area contributed by atoms with Gasteiger partial charge < -0.3 is 10.6 Å². The maximum Gasteiger partial charge on any atom is 0.416 e. The fourth-order valence-electron chi connectivity index (χ4n) is 5.13. The van der Waals surface area contributed by atoms with E-state index >= 15 is 0 Å². The normalized spacial score (nSPS) is 22.5. The maximum absolute atomic E-state index is 13.8. The summed E-state index contributed by atoms with van der Waals surface area (Å²) in [6, 6.07) is 4.44. The van der Waals surface area contributed by atoms with Crippen molar-refractivity contribution in [1.29, 1.82) is 5.41 Å². The second-order valence-electron chi connectivity index (χ2n) is 8.89. The highest BCUT2D eigenvalue weighted by atomic mass is 19.4. The number of amidine groups is 1. The number of benzene rings is 1. The molecule has 1 saturated heterocycles. The molecule has 31 heavy (non-hydrogen) atoms. The Balaban J connectivity index is 1.52. The molecule has 1 aromatic carbocycles. The van der Waals surface area contributed by atoms with Gasteiger partial charge in [0, 0.05) is 12.1 Å². The van der Waals surface area contributed by atoms with Gasteiger partial charge in [-0.05, 0) is 43.2 Å². The second-order valence-corrected chi connectivity index (χ2v) is 8.89. The minimum absolute atomic E-state index is 0.000302. The van der Waals surface area contributed by atoms with Gasteiger partial charge in [-0.15, -0.1) is 0 Å². The Morgan fingerprint density at radius 2 is 1.90 bits per heavy atom. The molecule has 0 radical (unpaired) electrons. The first-order chi connectivity index (χ1) is 14.8. The van der Waals surface area contributed by atoms with Crippen molar-refractivity contribution in [2.45, 2.75) is 70.0 Å². The molecule has 2 aliphatic heterocycles. The number of hydrogen-bond acceptors (Lipinski definition) is 3. The van der Waals surface area contributed by atoms with Crippen LogP contribution in [0.5, 0.6) is 0 Å². The first-order valence-electron chi connectivity index (χ1n) is 11.3. The third-order valence-corrected chi connectivity index (χ3v) is 6.81. The monoisotopic (exact) mass is 433 g/mol. The quantitative estimate of drug-likeness (QED) is 0.518. The van der Waals surface area contributed by atoms with Crippen molar-refractivity contribution in [1.82, 2.24) is 4.90 Å². The van der Waals surface area contributed by atoms with E-state index in [0.29, 0.717) is 42.4 Å². The van der Waals surface area contributed by atoms with Crippen LogP contribution in [0.1, 0.15) is 68.1 Å². The van der Waals surface area contributed by atoms with Crippen molar-refractivity contribution in [3.05, 3.63) is 34.9 Å². The molecule has 0 unspecified atom stereocenters. The minimum atomic E-state index is -4.40.